The second-order valence-corrected chi connectivity index (χ2v) is 7.44. The van der Waals surface area contributed by atoms with Gasteiger partial charge in [0, 0.05) is 17.1 Å². The third kappa shape index (κ3) is 3.98. The van der Waals surface area contributed by atoms with Crippen molar-refractivity contribution < 1.29 is 9.53 Å². The van der Waals surface area contributed by atoms with Crippen LogP contribution in [0.2, 0.25) is 0 Å². The normalized spacial score (nSPS) is 11.2. The Kier molecular flexibility index (Phi) is 6.45. The van der Waals surface area contributed by atoms with Crippen LogP contribution in [0.3, 0.4) is 0 Å². The zero-order valence-electron chi connectivity index (χ0n) is 15.5. The zero-order chi connectivity index (χ0) is 18.4. The van der Waals surface area contributed by atoms with Gasteiger partial charge in [-0.25, -0.2) is 4.98 Å². The van der Waals surface area contributed by atoms with E-state index in [1.165, 1.54) is 55.4 Å². The first-order valence-corrected chi connectivity index (χ1v) is 10.2. The number of thiazole rings is 1. The first kappa shape index (κ1) is 18.6. The molecule has 26 heavy (non-hydrogen) atoms. The number of methoxy groups -OCH3 is 1. The average Bonchev–Trinajstić information content (AvgIpc) is 3.25. The van der Waals surface area contributed by atoms with Crippen molar-refractivity contribution in [3.63, 3.8) is 0 Å². The van der Waals surface area contributed by atoms with Crippen LogP contribution >= 0.6 is 11.3 Å². The Hall–Kier alpha value is -2.14. The van der Waals surface area contributed by atoms with Crippen LogP contribution in [0.25, 0.3) is 16.2 Å². The highest BCUT2D eigenvalue weighted by molar-refractivity contribution is 7.15. The topological polar surface area (TPSA) is 43.6 Å². The number of hydrogen-bond acceptors (Lipinski definition) is 4. The van der Waals surface area contributed by atoms with Crippen molar-refractivity contribution in [1.82, 2.24) is 9.38 Å². The first-order valence-electron chi connectivity index (χ1n) is 9.36. The quantitative estimate of drug-likeness (QED) is 0.335. The summed E-state index contributed by atoms with van der Waals surface area (Å²) in [6.07, 6.45) is 11.5. The van der Waals surface area contributed by atoms with Crippen molar-refractivity contribution in [3.05, 3.63) is 41.0 Å². The standard InChI is InChI=1S/C21H26N2O2S/c1-3-4-5-6-7-8-9-16-10-11-19(25-2)17(14-16)20-18(15-24)23-12-13-26-21(23)22-20/h10-15H,3-9H2,1-2H3. The number of nitrogens with zero attached hydrogens (tertiary/aromatic N) is 2. The summed E-state index contributed by atoms with van der Waals surface area (Å²) in [6.45, 7) is 2.24. The van der Waals surface area contributed by atoms with Gasteiger partial charge in [0.05, 0.1) is 7.11 Å². The Morgan fingerprint density at radius 1 is 1.19 bits per heavy atom. The maximum atomic E-state index is 11.7. The minimum atomic E-state index is 0.580. The molecule has 138 valence electrons. The summed E-state index contributed by atoms with van der Waals surface area (Å²) in [4.78, 5) is 17.1. The Balaban J connectivity index is 1.81. The van der Waals surface area contributed by atoms with E-state index < -0.39 is 0 Å². The fourth-order valence-corrected chi connectivity index (χ4v) is 4.04. The second-order valence-electron chi connectivity index (χ2n) is 6.57. The van der Waals surface area contributed by atoms with Crippen molar-refractivity contribution in [2.24, 2.45) is 0 Å². The van der Waals surface area contributed by atoms with Gasteiger partial charge in [-0.05, 0) is 30.5 Å². The maximum Gasteiger partial charge on any atom is 0.194 e. The molecule has 0 radical (unpaired) electrons. The minimum Gasteiger partial charge on any atom is -0.496 e. The number of fused-ring (bicyclic) bond motifs is 1. The van der Waals surface area contributed by atoms with Crippen LogP contribution in [-0.4, -0.2) is 22.8 Å². The lowest BCUT2D eigenvalue weighted by Crippen LogP contribution is -1.95. The van der Waals surface area contributed by atoms with Gasteiger partial charge in [0.1, 0.15) is 17.1 Å². The Morgan fingerprint density at radius 3 is 2.77 bits per heavy atom. The molecule has 0 aliphatic heterocycles. The zero-order valence-corrected chi connectivity index (χ0v) is 16.3. The molecule has 1 aromatic carbocycles. The van der Waals surface area contributed by atoms with Crippen molar-refractivity contribution in [2.75, 3.05) is 7.11 Å². The molecule has 3 rings (SSSR count). The third-order valence-electron chi connectivity index (χ3n) is 4.75. The van der Waals surface area contributed by atoms with Crippen molar-refractivity contribution in [1.29, 1.82) is 0 Å². The van der Waals surface area contributed by atoms with Crippen LogP contribution in [-0.2, 0) is 6.42 Å². The number of carbonyl (C=O) groups is 1. The van der Waals surface area contributed by atoms with E-state index in [1.54, 1.807) is 7.11 Å². The van der Waals surface area contributed by atoms with E-state index in [2.05, 4.69) is 24.0 Å². The fourth-order valence-electron chi connectivity index (χ4n) is 3.32. The van der Waals surface area contributed by atoms with Crippen LogP contribution in [0.5, 0.6) is 5.75 Å². The summed E-state index contributed by atoms with van der Waals surface area (Å²) >= 11 is 1.53. The summed E-state index contributed by atoms with van der Waals surface area (Å²) in [5.74, 6) is 0.755. The van der Waals surface area contributed by atoms with E-state index in [1.807, 2.05) is 22.0 Å². The number of benzene rings is 1. The van der Waals surface area contributed by atoms with Crippen LogP contribution in [0.4, 0.5) is 0 Å². The van der Waals surface area contributed by atoms with Crippen molar-refractivity contribution in [2.45, 2.75) is 51.9 Å². The third-order valence-corrected chi connectivity index (χ3v) is 5.51. The molecule has 0 atom stereocenters. The number of rotatable bonds is 10. The molecule has 0 spiro atoms. The molecular formula is C21H26N2O2S. The highest BCUT2D eigenvalue weighted by atomic mass is 32.1. The molecule has 0 saturated carbocycles. The lowest BCUT2D eigenvalue weighted by atomic mass is 10.0. The number of imidazole rings is 1. The first-order chi connectivity index (χ1) is 12.8. The predicted molar refractivity (Wildman–Crippen MR) is 108 cm³/mol. The number of aldehydes is 1. The van der Waals surface area contributed by atoms with E-state index in [4.69, 9.17) is 4.74 Å². The average molecular weight is 371 g/mol. The molecule has 0 amide bonds. The second kappa shape index (κ2) is 8.99. The molecule has 0 saturated heterocycles. The molecule has 0 unspecified atom stereocenters. The van der Waals surface area contributed by atoms with E-state index >= 15 is 0 Å². The predicted octanol–water partition coefficient (Wildman–Crippen LogP) is 5.79. The molecule has 2 aromatic heterocycles. The van der Waals surface area contributed by atoms with Gasteiger partial charge in [-0.3, -0.25) is 9.20 Å². The molecular weight excluding hydrogens is 344 g/mol. The molecule has 0 bridgehead atoms. The maximum absolute atomic E-state index is 11.7. The SMILES string of the molecule is CCCCCCCCc1ccc(OC)c(-c2nc3sccn3c2C=O)c1. The summed E-state index contributed by atoms with van der Waals surface area (Å²) in [5.41, 5.74) is 3.45. The molecule has 5 heteroatoms. The van der Waals surface area contributed by atoms with Gasteiger partial charge in [-0.2, -0.15) is 0 Å². The van der Waals surface area contributed by atoms with Gasteiger partial charge in [-0.1, -0.05) is 45.1 Å². The summed E-state index contributed by atoms with van der Waals surface area (Å²) in [7, 11) is 1.66. The molecule has 0 aliphatic rings. The van der Waals surface area contributed by atoms with Crippen LogP contribution in [0.1, 0.15) is 61.5 Å². The molecule has 0 aliphatic carbocycles. The molecule has 4 nitrogen and oxygen atoms in total. The smallest absolute Gasteiger partial charge is 0.194 e. The summed E-state index contributed by atoms with van der Waals surface area (Å²) < 4.78 is 7.38. The lowest BCUT2D eigenvalue weighted by molar-refractivity contribution is 0.111. The van der Waals surface area contributed by atoms with Gasteiger partial charge in [0.2, 0.25) is 0 Å². The summed E-state index contributed by atoms with van der Waals surface area (Å²) in [6, 6.07) is 6.24. The lowest BCUT2D eigenvalue weighted by Gasteiger charge is -2.10. The molecule has 0 fully saturated rings. The van der Waals surface area contributed by atoms with Crippen LogP contribution in [0.15, 0.2) is 29.8 Å². The van der Waals surface area contributed by atoms with E-state index in [-0.39, 0.29) is 0 Å². The van der Waals surface area contributed by atoms with E-state index in [0.29, 0.717) is 11.4 Å². The Bertz CT molecular complexity index is 866. The number of carbonyl (C=O) groups excluding carboxylic acids is 1. The van der Waals surface area contributed by atoms with E-state index in [9.17, 15) is 4.79 Å². The Morgan fingerprint density at radius 2 is 2.00 bits per heavy atom. The van der Waals surface area contributed by atoms with Gasteiger partial charge in [0.15, 0.2) is 11.2 Å². The van der Waals surface area contributed by atoms with Crippen LogP contribution < -0.4 is 4.74 Å². The molecule has 3 aromatic rings. The Labute approximate surface area is 158 Å². The van der Waals surface area contributed by atoms with E-state index in [0.717, 1.165) is 29.0 Å². The molecule has 0 N–H and O–H groups in total. The van der Waals surface area contributed by atoms with Gasteiger partial charge >= 0.3 is 0 Å². The van der Waals surface area contributed by atoms with Crippen molar-refractivity contribution in [3.8, 4) is 17.0 Å². The van der Waals surface area contributed by atoms with Crippen LogP contribution in [0, 0.1) is 0 Å². The van der Waals surface area contributed by atoms with Crippen molar-refractivity contribution >= 4 is 22.6 Å². The fraction of sp³-hybridized carbons (Fsp3) is 0.429. The minimum absolute atomic E-state index is 0.580. The number of unbranched alkanes of at least 4 members (excludes halogenated alkanes) is 5. The summed E-state index contributed by atoms with van der Waals surface area (Å²) in [5, 5.41) is 1.94. The number of ether oxygens (including phenoxy) is 1. The largest absolute Gasteiger partial charge is 0.496 e. The molecule has 2 heterocycles. The monoisotopic (exact) mass is 370 g/mol. The number of aromatic nitrogens is 2. The number of aryl methyl sites for hydroxylation is 1. The highest BCUT2D eigenvalue weighted by Gasteiger charge is 2.18. The van der Waals surface area contributed by atoms with Gasteiger partial charge in [-0.15, -0.1) is 11.3 Å². The highest BCUT2D eigenvalue weighted by Crippen LogP contribution is 2.34. The van der Waals surface area contributed by atoms with Gasteiger partial charge in [0.25, 0.3) is 0 Å². The van der Waals surface area contributed by atoms with Gasteiger partial charge < -0.3 is 4.74 Å². The number of hydrogen-bond donors (Lipinski definition) is 0.